The molecule has 134 valence electrons. The monoisotopic (exact) mass is 347 g/mol. The van der Waals surface area contributed by atoms with Gasteiger partial charge in [0.05, 0.1) is 6.04 Å². The maximum atomic E-state index is 12.5. The molecular formula is C23H25NO2. The number of amides is 1. The Bertz CT molecular complexity index is 884. The van der Waals surface area contributed by atoms with Crippen LogP contribution in [0.4, 0.5) is 0 Å². The summed E-state index contributed by atoms with van der Waals surface area (Å²) in [5.74, 6) is 1.24. The molecule has 0 spiro atoms. The Morgan fingerprint density at radius 2 is 1.62 bits per heavy atom. The molecular weight excluding hydrogens is 322 g/mol. The molecule has 0 aliphatic heterocycles. The fourth-order valence-electron chi connectivity index (χ4n) is 2.85. The van der Waals surface area contributed by atoms with E-state index in [4.69, 9.17) is 4.74 Å². The van der Waals surface area contributed by atoms with E-state index < -0.39 is 0 Å². The van der Waals surface area contributed by atoms with Crippen LogP contribution in [0, 0.1) is 0 Å². The summed E-state index contributed by atoms with van der Waals surface area (Å²) in [6.45, 7) is 6.71. The fraction of sp³-hybridized carbons (Fsp3) is 0.261. The zero-order chi connectivity index (χ0) is 18.5. The van der Waals surface area contributed by atoms with Crippen molar-refractivity contribution < 1.29 is 9.53 Å². The molecule has 0 heterocycles. The molecule has 0 aromatic heterocycles. The molecule has 3 rings (SSSR count). The third-order valence-corrected chi connectivity index (χ3v) is 4.44. The predicted molar refractivity (Wildman–Crippen MR) is 107 cm³/mol. The van der Waals surface area contributed by atoms with Gasteiger partial charge < -0.3 is 10.1 Å². The Hall–Kier alpha value is -2.81. The summed E-state index contributed by atoms with van der Waals surface area (Å²) >= 11 is 0. The highest BCUT2D eigenvalue weighted by molar-refractivity contribution is 5.98. The molecule has 0 fully saturated rings. The van der Waals surface area contributed by atoms with Gasteiger partial charge in [-0.25, -0.2) is 0 Å². The van der Waals surface area contributed by atoms with Crippen LogP contribution >= 0.6 is 0 Å². The second-order valence-corrected chi connectivity index (χ2v) is 6.97. The Morgan fingerprint density at radius 3 is 2.31 bits per heavy atom. The van der Waals surface area contributed by atoms with E-state index in [2.05, 4.69) is 31.3 Å². The van der Waals surface area contributed by atoms with Gasteiger partial charge in [0.2, 0.25) is 0 Å². The standard InChI is InChI=1S/C23H25NO2/c1-16(2)18-10-12-22(13-11-18)26-15-17(3)24-23(25)21-9-8-19-6-4-5-7-20(19)14-21/h4-14,16-17H,15H2,1-3H3,(H,24,25)/t17-/m0/s1. The number of nitrogens with one attached hydrogen (secondary N) is 1. The van der Waals surface area contributed by atoms with Gasteiger partial charge in [0.15, 0.2) is 0 Å². The first-order valence-corrected chi connectivity index (χ1v) is 9.05. The first-order valence-electron chi connectivity index (χ1n) is 9.05. The van der Waals surface area contributed by atoms with Crippen molar-refractivity contribution in [1.29, 1.82) is 0 Å². The second kappa shape index (κ2) is 8.05. The van der Waals surface area contributed by atoms with Crippen LogP contribution in [0.25, 0.3) is 10.8 Å². The number of rotatable bonds is 6. The second-order valence-electron chi connectivity index (χ2n) is 6.97. The highest BCUT2D eigenvalue weighted by atomic mass is 16.5. The first-order chi connectivity index (χ1) is 12.5. The fourth-order valence-corrected chi connectivity index (χ4v) is 2.85. The van der Waals surface area contributed by atoms with Crippen molar-refractivity contribution in [2.75, 3.05) is 6.61 Å². The zero-order valence-corrected chi connectivity index (χ0v) is 15.5. The topological polar surface area (TPSA) is 38.3 Å². The number of hydrogen-bond donors (Lipinski definition) is 1. The molecule has 3 aromatic rings. The van der Waals surface area contributed by atoms with E-state index in [-0.39, 0.29) is 11.9 Å². The molecule has 3 aromatic carbocycles. The van der Waals surface area contributed by atoms with E-state index in [1.54, 1.807) is 0 Å². The van der Waals surface area contributed by atoms with Gasteiger partial charge in [-0.3, -0.25) is 4.79 Å². The van der Waals surface area contributed by atoms with Gasteiger partial charge in [-0.1, -0.05) is 56.3 Å². The predicted octanol–water partition coefficient (Wildman–Crippen LogP) is 5.16. The van der Waals surface area contributed by atoms with Gasteiger partial charge >= 0.3 is 0 Å². The number of fused-ring (bicyclic) bond motifs is 1. The number of hydrogen-bond acceptors (Lipinski definition) is 2. The number of carbonyl (C=O) groups excluding carboxylic acids is 1. The van der Waals surface area contributed by atoms with Crippen molar-refractivity contribution in [3.8, 4) is 5.75 Å². The molecule has 1 atom stereocenters. The smallest absolute Gasteiger partial charge is 0.251 e. The Kier molecular flexibility index (Phi) is 5.57. The lowest BCUT2D eigenvalue weighted by atomic mass is 10.0. The van der Waals surface area contributed by atoms with Gasteiger partial charge in [0.1, 0.15) is 12.4 Å². The summed E-state index contributed by atoms with van der Waals surface area (Å²) in [6.07, 6.45) is 0. The van der Waals surface area contributed by atoms with Crippen molar-refractivity contribution in [3.05, 3.63) is 77.9 Å². The highest BCUT2D eigenvalue weighted by Crippen LogP contribution is 2.19. The third-order valence-electron chi connectivity index (χ3n) is 4.44. The van der Waals surface area contributed by atoms with Gasteiger partial charge in [0.25, 0.3) is 5.91 Å². The van der Waals surface area contributed by atoms with Crippen molar-refractivity contribution in [2.24, 2.45) is 0 Å². The molecule has 0 aliphatic rings. The van der Waals surface area contributed by atoms with Crippen LogP contribution in [0.15, 0.2) is 66.7 Å². The first kappa shape index (κ1) is 18.0. The molecule has 1 amide bonds. The van der Waals surface area contributed by atoms with E-state index in [1.807, 2.05) is 61.5 Å². The van der Waals surface area contributed by atoms with Crippen LogP contribution in [0.2, 0.25) is 0 Å². The average molecular weight is 347 g/mol. The lowest BCUT2D eigenvalue weighted by molar-refractivity contribution is 0.0927. The average Bonchev–Trinajstić information content (AvgIpc) is 2.66. The summed E-state index contributed by atoms with van der Waals surface area (Å²) in [5.41, 5.74) is 1.95. The van der Waals surface area contributed by atoms with Gasteiger partial charge in [-0.05, 0) is 53.4 Å². The van der Waals surface area contributed by atoms with Crippen LogP contribution in [0.5, 0.6) is 5.75 Å². The van der Waals surface area contributed by atoms with Crippen molar-refractivity contribution in [3.63, 3.8) is 0 Å². The molecule has 3 nitrogen and oxygen atoms in total. The number of benzene rings is 3. The Balaban J connectivity index is 1.56. The minimum absolute atomic E-state index is 0.0815. The SMILES string of the molecule is CC(C)c1ccc(OC[C@H](C)NC(=O)c2ccc3ccccc3c2)cc1. The van der Waals surface area contributed by atoms with Crippen LogP contribution < -0.4 is 10.1 Å². The van der Waals surface area contributed by atoms with E-state index in [1.165, 1.54) is 5.56 Å². The molecule has 3 heteroatoms. The quantitative estimate of drug-likeness (QED) is 0.669. The molecule has 0 saturated carbocycles. The lowest BCUT2D eigenvalue weighted by Gasteiger charge is -2.16. The largest absolute Gasteiger partial charge is 0.491 e. The van der Waals surface area contributed by atoms with Crippen molar-refractivity contribution in [1.82, 2.24) is 5.32 Å². The van der Waals surface area contributed by atoms with Crippen LogP contribution in [-0.4, -0.2) is 18.6 Å². The Morgan fingerprint density at radius 1 is 0.923 bits per heavy atom. The summed E-state index contributed by atoms with van der Waals surface area (Å²) in [5, 5.41) is 5.19. The van der Waals surface area contributed by atoms with E-state index >= 15 is 0 Å². The van der Waals surface area contributed by atoms with Crippen LogP contribution in [0.3, 0.4) is 0 Å². The molecule has 0 unspecified atom stereocenters. The minimum Gasteiger partial charge on any atom is -0.491 e. The summed E-state index contributed by atoms with van der Waals surface area (Å²) in [6, 6.07) is 21.8. The minimum atomic E-state index is -0.0845. The summed E-state index contributed by atoms with van der Waals surface area (Å²) < 4.78 is 5.79. The van der Waals surface area contributed by atoms with Gasteiger partial charge in [-0.15, -0.1) is 0 Å². The zero-order valence-electron chi connectivity index (χ0n) is 15.5. The van der Waals surface area contributed by atoms with Gasteiger partial charge in [-0.2, -0.15) is 0 Å². The number of ether oxygens (including phenoxy) is 1. The van der Waals surface area contributed by atoms with Crippen molar-refractivity contribution >= 4 is 16.7 Å². The van der Waals surface area contributed by atoms with Crippen LogP contribution in [-0.2, 0) is 0 Å². The summed E-state index contributed by atoms with van der Waals surface area (Å²) in [7, 11) is 0. The third kappa shape index (κ3) is 4.42. The normalized spacial score (nSPS) is 12.2. The maximum Gasteiger partial charge on any atom is 0.251 e. The molecule has 0 radical (unpaired) electrons. The summed E-state index contributed by atoms with van der Waals surface area (Å²) in [4.78, 5) is 12.5. The molecule has 0 bridgehead atoms. The van der Waals surface area contributed by atoms with Crippen LogP contribution in [0.1, 0.15) is 42.6 Å². The van der Waals surface area contributed by atoms with Crippen molar-refractivity contribution in [2.45, 2.75) is 32.7 Å². The molecule has 26 heavy (non-hydrogen) atoms. The number of carbonyl (C=O) groups is 1. The molecule has 0 aliphatic carbocycles. The van der Waals surface area contributed by atoms with E-state index in [0.717, 1.165) is 16.5 Å². The highest BCUT2D eigenvalue weighted by Gasteiger charge is 2.11. The maximum absolute atomic E-state index is 12.5. The molecule has 1 N–H and O–H groups in total. The Labute approximate surface area is 155 Å². The lowest BCUT2D eigenvalue weighted by Crippen LogP contribution is -2.36. The van der Waals surface area contributed by atoms with E-state index in [0.29, 0.717) is 18.1 Å². The van der Waals surface area contributed by atoms with Gasteiger partial charge in [0, 0.05) is 5.56 Å². The molecule has 0 saturated heterocycles. The van der Waals surface area contributed by atoms with E-state index in [9.17, 15) is 4.79 Å².